The summed E-state index contributed by atoms with van der Waals surface area (Å²) in [7, 11) is 0. The Kier molecular flexibility index (Phi) is 3.71. The average Bonchev–Trinajstić information content (AvgIpc) is 3.14. The number of benzene rings is 1. The lowest BCUT2D eigenvalue weighted by Crippen LogP contribution is -2.45. The van der Waals surface area contributed by atoms with Gasteiger partial charge in [0.15, 0.2) is 0 Å². The van der Waals surface area contributed by atoms with E-state index in [0.717, 1.165) is 11.6 Å². The van der Waals surface area contributed by atoms with Gasteiger partial charge in [0.05, 0.1) is 6.54 Å². The van der Waals surface area contributed by atoms with E-state index in [4.69, 9.17) is 0 Å². The largest absolute Gasteiger partial charge is 0.325 e. The maximum atomic E-state index is 11.8. The highest BCUT2D eigenvalue weighted by Gasteiger charge is 2.37. The molecule has 3 heteroatoms. The summed E-state index contributed by atoms with van der Waals surface area (Å²) in [5.74, 6) is 0.747. The van der Waals surface area contributed by atoms with Crippen molar-refractivity contribution in [1.29, 1.82) is 0 Å². The maximum absolute atomic E-state index is 11.8. The molecule has 0 saturated heterocycles. The van der Waals surface area contributed by atoms with Crippen molar-refractivity contribution in [1.82, 2.24) is 5.32 Å². The van der Waals surface area contributed by atoms with Crippen LogP contribution in [-0.4, -0.2) is 18.0 Å². The van der Waals surface area contributed by atoms with E-state index in [-0.39, 0.29) is 11.4 Å². The van der Waals surface area contributed by atoms with Crippen molar-refractivity contribution in [3.05, 3.63) is 29.8 Å². The van der Waals surface area contributed by atoms with Gasteiger partial charge in [0.25, 0.3) is 0 Å². The van der Waals surface area contributed by atoms with Crippen LogP contribution in [0.4, 0.5) is 5.69 Å². The van der Waals surface area contributed by atoms with E-state index in [2.05, 4.69) is 24.5 Å². The van der Waals surface area contributed by atoms with E-state index >= 15 is 0 Å². The fourth-order valence-corrected chi connectivity index (χ4v) is 2.10. The number of amides is 1. The molecular formula is C15H22N2O. The molecule has 2 N–H and O–H groups in total. The SMILES string of the molecule is Cc1ccc(NC(=O)CNC(C)(C)C2CC2)cc1. The summed E-state index contributed by atoms with van der Waals surface area (Å²) in [5.41, 5.74) is 2.13. The zero-order valence-corrected chi connectivity index (χ0v) is 11.4. The number of aryl methyl sites for hydroxylation is 1. The standard InChI is InChI=1S/C15H22N2O/c1-11-4-8-13(9-5-11)17-14(18)10-16-15(2,3)12-6-7-12/h4-5,8-9,12,16H,6-7,10H2,1-3H3,(H,17,18). The normalized spacial score (nSPS) is 15.5. The summed E-state index contributed by atoms with van der Waals surface area (Å²) in [4.78, 5) is 11.8. The Bertz CT molecular complexity index is 419. The van der Waals surface area contributed by atoms with Crippen LogP contribution in [-0.2, 0) is 4.79 Å². The second kappa shape index (κ2) is 5.11. The van der Waals surface area contributed by atoms with Gasteiger partial charge >= 0.3 is 0 Å². The smallest absolute Gasteiger partial charge is 0.238 e. The van der Waals surface area contributed by atoms with Gasteiger partial charge in [-0.05, 0) is 51.7 Å². The van der Waals surface area contributed by atoms with Crippen molar-refractivity contribution in [2.75, 3.05) is 11.9 Å². The summed E-state index contributed by atoms with van der Waals surface area (Å²) >= 11 is 0. The lowest BCUT2D eigenvalue weighted by atomic mass is 9.99. The summed E-state index contributed by atoms with van der Waals surface area (Å²) in [5, 5.41) is 6.24. The van der Waals surface area contributed by atoms with Crippen molar-refractivity contribution < 1.29 is 4.79 Å². The van der Waals surface area contributed by atoms with Crippen LogP contribution in [0.3, 0.4) is 0 Å². The Morgan fingerprint density at radius 3 is 2.44 bits per heavy atom. The molecule has 3 nitrogen and oxygen atoms in total. The Morgan fingerprint density at radius 1 is 1.28 bits per heavy atom. The van der Waals surface area contributed by atoms with E-state index in [1.807, 2.05) is 31.2 Å². The average molecular weight is 246 g/mol. The third-order valence-corrected chi connectivity index (χ3v) is 3.64. The lowest BCUT2D eigenvalue weighted by Gasteiger charge is -2.25. The number of rotatable bonds is 5. The third kappa shape index (κ3) is 3.57. The second-order valence-corrected chi connectivity index (χ2v) is 5.76. The van der Waals surface area contributed by atoms with Gasteiger partial charge in [-0.1, -0.05) is 17.7 Å². The van der Waals surface area contributed by atoms with E-state index in [9.17, 15) is 4.79 Å². The molecular weight excluding hydrogens is 224 g/mol. The minimum absolute atomic E-state index is 0.0209. The van der Waals surface area contributed by atoms with Gasteiger partial charge in [-0.15, -0.1) is 0 Å². The van der Waals surface area contributed by atoms with Crippen LogP contribution >= 0.6 is 0 Å². The summed E-state index contributed by atoms with van der Waals surface area (Å²) < 4.78 is 0. The first-order valence-corrected chi connectivity index (χ1v) is 6.59. The van der Waals surface area contributed by atoms with Gasteiger partial charge in [-0.3, -0.25) is 4.79 Å². The fourth-order valence-electron chi connectivity index (χ4n) is 2.10. The van der Waals surface area contributed by atoms with Crippen LogP contribution in [0.1, 0.15) is 32.3 Å². The molecule has 1 fully saturated rings. The molecule has 0 bridgehead atoms. The quantitative estimate of drug-likeness (QED) is 0.838. The first-order chi connectivity index (χ1) is 8.47. The van der Waals surface area contributed by atoms with Crippen LogP contribution in [0, 0.1) is 12.8 Å². The van der Waals surface area contributed by atoms with Crippen molar-refractivity contribution >= 4 is 11.6 Å². The Balaban J connectivity index is 1.80. The molecule has 18 heavy (non-hydrogen) atoms. The highest BCUT2D eigenvalue weighted by Crippen LogP contribution is 2.38. The summed E-state index contributed by atoms with van der Waals surface area (Å²) in [6, 6.07) is 7.85. The van der Waals surface area contributed by atoms with Gasteiger partial charge in [0, 0.05) is 11.2 Å². The first kappa shape index (κ1) is 13.1. The Hall–Kier alpha value is -1.35. The summed E-state index contributed by atoms with van der Waals surface area (Å²) in [6.45, 7) is 6.75. The second-order valence-electron chi connectivity index (χ2n) is 5.76. The van der Waals surface area contributed by atoms with Gasteiger partial charge < -0.3 is 10.6 Å². The van der Waals surface area contributed by atoms with Crippen molar-refractivity contribution in [3.8, 4) is 0 Å². The topological polar surface area (TPSA) is 41.1 Å². The van der Waals surface area contributed by atoms with E-state index < -0.39 is 0 Å². The molecule has 0 unspecified atom stereocenters. The van der Waals surface area contributed by atoms with Crippen molar-refractivity contribution in [2.24, 2.45) is 5.92 Å². The monoisotopic (exact) mass is 246 g/mol. The molecule has 1 amide bonds. The van der Waals surface area contributed by atoms with E-state index in [1.54, 1.807) is 0 Å². The fraction of sp³-hybridized carbons (Fsp3) is 0.533. The number of carbonyl (C=O) groups is 1. The van der Waals surface area contributed by atoms with Crippen LogP contribution in [0.25, 0.3) is 0 Å². The molecule has 0 aliphatic heterocycles. The van der Waals surface area contributed by atoms with Gasteiger partial charge in [0.1, 0.15) is 0 Å². The molecule has 2 rings (SSSR count). The molecule has 0 radical (unpaired) electrons. The van der Waals surface area contributed by atoms with Crippen LogP contribution < -0.4 is 10.6 Å². The van der Waals surface area contributed by atoms with Gasteiger partial charge in [0.2, 0.25) is 5.91 Å². The van der Waals surface area contributed by atoms with Crippen LogP contribution in [0.5, 0.6) is 0 Å². The molecule has 1 aromatic rings. The third-order valence-electron chi connectivity index (χ3n) is 3.64. The number of hydrogen-bond donors (Lipinski definition) is 2. The maximum Gasteiger partial charge on any atom is 0.238 e. The number of hydrogen-bond acceptors (Lipinski definition) is 2. The molecule has 1 aliphatic carbocycles. The van der Waals surface area contributed by atoms with E-state index in [1.165, 1.54) is 18.4 Å². The van der Waals surface area contributed by atoms with Gasteiger partial charge in [-0.2, -0.15) is 0 Å². The van der Waals surface area contributed by atoms with Crippen LogP contribution in [0.2, 0.25) is 0 Å². The lowest BCUT2D eigenvalue weighted by molar-refractivity contribution is -0.115. The molecule has 1 saturated carbocycles. The van der Waals surface area contributed by atoms with Gasteiger partial charge in [-0.25, -0.2) is 0 Å². The predicted molar refractivity (Wildman–Crippen MR) is 74.6 cm³/mol. The number of anilines is 1. The zero-order chi connectivity index (χ0) is 13.2. The molecule has 0 atom stereocenters. The minimum atomic E-state index is 0.0209. The van der Waals surface area contributed by atoms with Crippen molar-refractivity contribution in [2.45, 2.75) is 39.2 Å². The number of carbonyl (C=O) groups excluding carboxylic acids is 1. The Labute approximate surface area is 109 Å². The van der Waals surface area contributed by atoms with Crippen LogP contribution in [0.15, 0.2) is 24.3 Å². The molecule has 0 heterocycles. The molecule has 1 aromatic carbocycles. The van der Waals surface area contributed by atoms with Crippen molar-refractivity contribution in [3.63, 3.8) is 0 Å². The molecule has 1 aliphatic rings. The molecule has 98 valence electrons. The summed E-state index contributed by atoms with van der Waals surface area (Å²) in [6.07, 6.45) is 2.55. The minimum Gasteiger partial charge on any atom is -0.325 e. The first-order valence-electron chi connectivity index (χ1n) is 6.59. The molecule has 0 spiro atoms. The highest BCUT2D eigenvalue weighted by molar-refractivity contribution is 5.92. The number of nitrogens with one attached hydrogen (secondary N) is 2. The van der Waals surface area contributed by atoms with E-state index in [0.29, 0.717) is 6.54 Å². The predicted octanol–water partition coefficient (Wildman–Crippen LogP) is 2.71. The zero-order valence-electron chi connectivity index (χ0n) is 11.4. The molecule has 0 aromatic heterocycles. The highest BCUT2D eigenvalue weighted by atomic mass is 16.1. The Morgan fingerprint density at radius 2 is 1.89 bits per heavy atom.